The lowest BCUT2D eigenvalue weighted by Crippen LogP contribution is -2.52. The van der Waals surface area contributed by atoms with Crippen molar-refractivity contribution in [2.45, 2.75) is 19.1 Å². The average Bonchev–Trinajstić information content (AvgIpc) is 3.13. The minimum absolute atomic E-state index is 0.0662. The SMILES string of the molecule is O=C(c1ccccc1OCc1ccccc1Cl)N1CCN(C2CCS(=O)(=O)C2)CC1. The molecular weight excluding hydrogens is 424 g/mol. The predicted molar refractivity (Wildman–Crippen MR) is 117 cm³/mol. The Morgan fingerprint density at radius 2 is 1.73 bits per heavy atom. The van der Waals surface area contributed by atoms with E-state index in [-0.39, 0.29) is 30.1 Å². The van der Waals surface area contributed by atoms with E-state index in [0.29, 0.717) is 48.9 Å². The van der Waals surface area contributed by atoms with Crippen LogP contribution in [0.4, 0.5) is 0 Å². The highest BCUT2D eigenvalue weighted by Gasteiger charge is 2.34. The topological polar surface area (TPSA) is 66.9 Å². The molecule has 0 bridgehead atoms. The van der Waals surface area contributed by atoms with Gasteiger partial charge in [0.05, 0.1) is 17.1 Å². The lowest BCUT2D eigenvalue weighted by molar-refractivity contribution is 0.0583. The number of ether oxygens (including phenoxy) is 1. The van der Waals surface area contributed by atoms with E-state index in [0.717, 1.165) is 5.56 Å². The van der Waals surface area contributed by atoms with Crippen molar-refractivity contribution in [2.75, 3.05) is 37.7 Å². The van der Waals surface area contributed by atoms with Crippen LogP contribution in [0.5, 0.6) is 5.75 Å². The number of nitrogens with zero attached hydrogens (tertiary/aromatic N) is 2. The molecule has 2 aliphatic heterocycles. The number of benzene rings is 2. The number of para-hydroxylation sites is 1. The van der Waals surface area contributed by atoms with Crippen molar-refractivity contribution < 1.29 is 17.9 Å². The minimum Gasteiger partial charge on any atom is -0.488 e. The Morgan fingerprint density at radius 1 is 1.03 bits per heavy atom. The van der Waals surface area contributed by atoms with Crippen LogP contribution in [-0.4, -0.2) is 67.9 Å². The second-order valence-electron chi connectivity index (χ2n) is 7.76. The van der Waals surface area contributed by atoms with Gasteiger partial charge in [-0.25, -0.2) is 8.42 Å². The molecule has 4 rings (SSSR count). The maximum atomic E-state index is 13.1. The summed E-state index contributed by atoms with van der Waals surface area (Å²) >= 11 is 6.20. The Balaban J connectivity index is 1.39. The number of carbonyl (C=O) groups is 1. The van der Waals surface area contributed by atoms with E-state index in [1.165, 1.54) is 0 Å². The molecule has 2 aromatic carbocycles. The van der Waals surface area contributed by atoms with Crippen LogP contribution in [0.15, 0.2) is 48.5 Å². The summed E-state index contributed by atoms with van der Waals surface area (Å²) in [5.41, 5.74) is 1.39. The smallest absolute Gasteiger partial charge is 0.257 e. The molecule has 160 valence electrons. The highest BCUT2D eigenvalue weighted by Crippen LogP contribution is 2.25. The molecule has 2 aromatic rings. The van der Waals surface area contributed by atoms with Gasteiger partial charge in [-0.15, -0.1) is 0 Å². The van der Waals surface area contributed by atoms with Crippen molar-refractivity contribution in [3.63, 3.8) is 0 Å². The van der Waals surface area contributed by atoms with Gasteiger partial charge in [0.15, 0.2) is 9.84 Å². The number of halogens is 1. The van der Waals surface area contributed by atoms with Crippen molar-refractivity contribution in [3.05, 3.63) is 64.7 Å². The van der Waals surface area contributed by atoms with Crippen molar-refractivity contribution in [2.24, 2.45) is 0 Å². The maximum Gasteiger partial charge on any atom is 0.257 e. The third-order valence-corrected chi connectivity index (χ3v) is 7.90. The molecule has 0 aromatic heterocycles. The molecule has 0 N–H and O–H groups in total. The highest BCUT2D eigenvalue weighted by molar-refractivity contribution is 7.91. The molecule has 2 aliphatic rings. The summed E-state index contributed by atoms with van der Waals surface area (Å²) in [4.78, 5) is 17.2. The fourth-order valence-electron chi connectivity index (χ4n) is 4.06. The molecule has 2 saturated heterocycles. The molecule has 0 spiro atoms. The Morgan fingerprint density at radius 3 is 2.43 bits per heavy atom. The lowest BCUT2D eigenvalue weighted by Gasteiger charge is -2.37. The van der Waals surface area contributed by atoms with Gasteiger partial charge < -0.3 is 9.64 Å². The number of amides is 1. The van der Waals surface area contributed by atoms with E-state index in [1.807, 2.05) is 41.3 Å². The Bertz CT molecular complexity index is 1020. The Kier molecular flexibility index (Phi) is 6.32. The van der Waals surface area contributed by atoms with Crippen molar-refractivity contribution in [1.29, 1.82) is 0 Å². The van der Waals surface area contributed by atoms with Gasteiger partial charge in [-0.05, 0) is 24.6 Å². The molecule has 8 heteroatoms. The number of sulfone groups is 1. The van der Waals surface area contributed by atoms with Crippen LogP contribution >= 0.6 is 11.6 Å². The van der Waals surface area contributed by atoms with Gasteiger partial charge in [-0.2, -0.15) is 0 Å². The number of hydrogen-bond donors (Lipinski definition) is 0. The van der Waals surface area contributed by atoms with Crippen LogP contribution < -0.4 is 4.74 Å². The first-order valence-electron chi connectivity index (χ1n) is 10.1. The summed E-state index contributed by atoms with van der Waals surface area (Å²) in [5.74, 6) is 0.974. The van der Waals surface area contributed by atoms with Crippen molar-refractivity contribution >= 4 is 27.3 Å². The first kappa shape index (κ1) is 21.2. The van der Waals surface area contributed by atoms with Gasteiger partial charge in [0, 0.05) is 42.8 Å². The number of piperazine rings is 1. The van der Waals surface area contributed by atoms with Crippen LogP contribution in [0.25, 0.3) is 0 Å². The Hall–Kier alpha value is -2.09. The molecule has 30 heavy (non-hydrogen) atoms. The van der Waals surface area contributed by atoms with Crippen LogP contribution in [0.2, 0.25) is 5.02 Å². The average molecular weight is 449 g/mol. The molecule has 0 saturated carbocycles. The van der Waals surface area contributed by atoms with Gasteiger partial charge in [0.1, 0.15) is 12.4 Å². The van der Waals surface area contributed by atoms with Gasteiger partial charge in [-0.3, -0.25) is 9.69 Å². The quantitative estimate of drug-likeness (QED) is 0.703. The van der Waals surface area contributed by atoms with E-state index >= 15 is 0 Å². The van der Waals surface area contributed by atoms with Gasteiger partial charge in [-0.1, -0.05) is 41.9 Å². The number of carbonyl (C=O) groups excluding carboxylic acids is 1. The maximum absolute atomic E-state index is 13.1. The van der Waals surface area contributed by atoms with Crippen LogP contribution in [0.3, 0.4) is 0 Å². The first-order chi connectivity index (χ1) is 14.4. The van der Waals surface area contributed by atoms with Gasteiger partial charge in [0.25, 0.3) is 5.91 Å². The molecule has 0 aliphatic carbocycles. The predicted octanol–water partition coefficient (Wildman–Crippen LogP) is 2.86. The highest BCUT2D eigenvalue weighted by atomic mass is 35.5. The van der Waals surface area contributed by atoms with Gasteiger partial charge >= 0.3 is 0 Å². The van der Waals surface area contributed by atoms with E-state index in [4.69, 9.17) is 16.3 Å². The lowest BCUT2D eigenvalue weighted by atomic mass is 10.1. The summed E-state index contributed by atoms with van der Waals surface area (Å²) < 4.78 is 29.4. The zero-order chi connectivity index (χ0) is 21.1. The first-order valence-corrected chi connectivity index (χ1v) is 12.3. The van der Waals surface area contributed by atoms with Crippen molar-refractivity contribution in [1.82, 2.24) is 9.80 Å². The van der Waals surface area contributed by atoms with Crippen LogP contribution in [0, 0.1) is 0 Å². The summed E-state index contributed by atoms with van der Waals surface area (Å²) in [6, 6.07) is 14.8. The molecule has 0 radical (unpaired) electrons. The van der Waals surface area contributed by atoms with Crippen LogP contribution in [-0.2, 0) is 16.4 Å². The Labute approximate surface area is 182 Å². The van der Waals surface area contributed by atoms with E-state index in [2.05, 4.69) is 4.90 Å². The summed E-state index contributed by atoms with van der Waals surface area (Å²) in [5, 5.41) is 0.631. The molecule has 1 amide bonds. The zero-order valence-corrected chi connectivity index (χ0v) is 18.2. The molecule has 6 nitrogen and oxygen atoms in total. The molecule has 1 atom stereocenters. The molecule has 1 unspecified atom stereocenters. The van der Waals surface area contributed by atoms with E-state index in [9.17, 15) is 13.2 Å². The second kappa shape index (κ2) is 8.96. The van der Waals surface area contributed by atoms with Crippen molar-refractivity contribution in [3.8, 4) is 5.75 Å². The fourth-order valence-corrected chi connectivity index (χ4v) is 6.02. The largest absolute Gasteiger partial charge is 0.488 e. The molecule has 2 fully saturated rings. The number of rotatable bonds is 5. The summed E-state index contributed by atoms with van der Waals surface area (Å²) in [6.45, 7) is 2.82. The monoisotopic (exact) mass is 448 g/mol. The molecular formula is C22H25ClN2O4S. The third-order valence-electron chi connectivity index (χ3n) is 5.78. The summed E-state index contributed by atoms with van der Waals surface area (Å²) in [6.07, 6.45) is 0.689. The molecule has 2 heterocycles. The standard InChI is InChI=1S/C22H25ClN2O4S/c23-20-7-3-1-5-17(20)15-29-21-8-4-2-6-19(21)22(26)25-12-10-24(11-13-25)18-9-14-30(27,28)16-18/h1-8,18H,9-16H2. The third kappa shape index (κ3) is 4.79. The normalized spacial score (nSPS) is 21.5. The van der Waals surface area contributed by atoms with Gasteiger partial charge in [0.2, 0.25) is 0 Å². The van der Waals surface area contributed by atoms with Crippen LogP contribution in [0.1, 0.15) is 22.3 Å². The fraction of sp³-hybridized carbons (Fsp3) is 0.409. The zero-order valence-electron chi connectivity index (χ0n) is 16.7. The van der Waals surface area contributed by atoms with E-state index < -0.39 is 9.84 Å². The number of hydrogen-bond acceptors (Lipinski definition) is 5. The second-order valence-corrected chi connectivity index (χ2v) is 10.4. The minimum atomic E-state index is -2.90. The summed E-state index contributed by atoms with van der Waals surface area (Å²) in [7, 11) is -2.90. The van der Waals surface area contributed by atoms with E-state index in [1.54, 1.807) is 12.1 Å².